The predicted molar refractivity (Wildman–Crippen MR) is 33.1 cm³/mol. The molecule has 1 saturated heterocycles. The average molecular weight is 129 g/mol. The third kappa shape index (κ3) is 1.91. The molecule has 0 saturated carbocycles. The Bertz CT molecular complexity index is 114. The maximum atomic E-state index is 10.5. The van der Waals surface area contributed by atoms with Gasteiger partial charge in [0, 0.05) is 6.54 Å². The molecule has 1 fully saturated rings. The summed E-state index contributed by atoms with van der Waals surface area (Å²) in [6.07, 6.45) is 0.693. The first-order chi connectivity index (χ1) is 4.29. The van der Waals surface area contributed by atoms with Crippen LogP contribution in [0.5, 0.6) is 0 Å². The summed E-state index contributed by atoms with van der Waals surface area (Å²) in [5.74, 6) is 0.552. The molecule has 1 amide bonds. The largest absolute Gasteiger partial charge is 0.450 e. The van der Waals surface area contributed by atoms with Gasteiger partial charge >= 0.3 is 6.09 Å². The van der Waals surface area contributed by atoms with Crippen molar-refractivity contribution in [3.63, 3.8) is 0 Å². The van der Waals surface area contributed by atoms with Crippen LogP contribution < -0.4 is 5.32 Å². The third-order valence-corrected chi connectivity index (χ3v) is 1.44. The lowest BCUT2D eigenvalue weighted by molar-refractivity contribution is 0.152. The molecule has 0 bridgehead atoms. The van der Waals surface area contributed by atoms with Crippen molar-refractivity contribution < 1.29 is 9.53 Å². The molecule has 3 heteroatoms. The van der Waals surface area contributed by atoms with Crippen LogP contribution in [-0.2, 0) is 4.74 Å². The van der Waals surface area contributed by atoms with Crippen molar-refractivity contribution in [2.24, 2.45) is 5.92 Å². The molecular formula is C6H11NO2. The quantitative estimate of drug-likeness (QED) is 0.524. The average Bonchev–Trinajstić information content (AvgIpc) is 1.97. The molecule has 52 valence electrons. The van der Waals surface area contributed by atoms with E-state index in [1.165, 1.54) is 0 Å². The van der Waals surface area contributed by atoms with Gasteiger partial charge in [0.15, 0.2) is 0 Å². The number of ether oxygens (including phenoxy) is 1. The van der Waals surface area contributed by atoms with Gasteiger partial charge in [0.1, 0.15) is 0 Å². The molecule has 1 unspecified atom stereocenters. The molecule has 0 radical (unpaired) electrons. The fourth-order valence-corrected chi connectivity index (χ4v) is 0.763. The van der Waals surface area contributed by atoms with E-state index in [0.29, 0.717) is 12.5 Å². The van der Waals surface area contributed by atoms with E-state index in [1.54, 1.807) is 0 Å². The Kier molecular flexibility index (Phi) is 1.92. The Morgan fingerprint density at radius 3 is 3.33 bits per heavy atom. The molecule has 1 aliphatic rings. The van der Waals surface area contributed by atoms with Crippen molar-refractivity contribution >= 4 is 6.09 Å². The molecule has 0 aromatic rings. The third-order valence-electron chi connectivity index (χ3n) is 1.44. The number of hydrogen-bond acceptors (Lipinski definition) is 2. The molecule has 1 aliphatic heterocycles. The standard InChI is InChI=1S/C6H11NO2/c1-5-2-3-9-6(8)7-4-5/h5H,2-4H2,1H3,(H,7,8). The van der Waals surface area contributed by atoms with Gasteiger partial charge in [-0.1, -0.05) is 6.92 Å². The lowest BCUT2D eigenvalue weighted by atomic mass is 10.1. The highest BCUT2D eigenvalue weighted by molar-refractivity contribution is 5.67. The second kappa shape index (κ2) is 2.71. The van der Waals surface area contributed by atoms with Gasteiger partial charge in [-0.25, -0.2) is 4.79 Å². The second-order valence-corrected chi connectivity index (χ2v) is 2.41. The molecule has 0 spiro atoms. The maximum Gasteiger partial charge on any atom is 0.407 e. The van der Waals surface area contributed by atoms with E-state index in [9.17, 15) is 4.79 Å². The summed E-state index contributed by atoms with van der Waals surface area (Å²) in [5, 5.41) is 2.63. The first kappa shape index (κ1) is 6.39. The molecule has 1 N–H and O–H groups in total. The minimum absolute atomic E-state index is 0.278. The van der Waals surface area contributed by atoms with E-state index in [2.05, 4.69) is 12.2 Å². The molecule has 3 nitrogen and oxygen atoms in total. The monoisotopic (exact) mass is 129 g/mol. The minimum Gasteiger partial charge on any atom is -0.450 e. The summed E-state index contributed by atoms with van der Waals surface area (Å²) >= 11 is 0. The van der Waals surface area contributed by atoms with Crippen LogP contribution in [0.1, 0.15) is 13.3 Å². The number of cyclic esters (lactones) is 1. The zero-order valence-electron chi connectivity index (χ0n) is 5.52. The fourth-order valence-electron chi connectivity index (χ4n) is 0.763. The summed E-state index contributed by atoms with van der Waals surface area (Å²) in [5.41, 5.74) is 0. The first-order valence-electron chi connectivity index (χ1n) is 3.19. The number of carbonyl (C=O) groups is 1. The molecule has 0 aliphatic carbocycles. The van der Waals surface area contributed by atoms with Crippen molar-refractivity contribution in [3.8, 4) is 0 Å². The van der Waals surface area contributed by atoms with E-state index in [0.717, 1.165) is 13.0 Å². The summed E-state index contributed by atoms with van der Waals surface area (Å²) in [4.78, 5) is 10.5. The van der Waals surface area contributed by atoms with Crippen molar-refractivity contribution in [1.29, 1.82) is 0 Å². The number of alkyl carbamates (subject to hydrolysis) is 1. The van der Waals surface area contributed by atoms with Gasteiger partial charge in [-0.3, -0.25) is 0 Å². The van der Waals surface area contributed by atoms with Crippen molar-refractivity contribution in [2.45, 2.75) is 13.3 Å². The molecule has 0 aromatic heterocycles. The first-order valence-corrected chi connectivity index (χ1v) is 3.19. The number of hydrogen-bond donors (Lipinski definition) is 1. The lowest BCUT2D eigenvalue weighted by Gasteiger charge is -2.01. The number of nitrogens with one attached hydrogen (secondary N) is 1. The van der Waals surface area contributed by atoms with Crippen LogP contribution in [-0.4, -0.2) is 19.2 Å². The molecule has 9 heavy (non-hydrogen) atoms. The van der Waals surface area contributed by atoms with Crippen LogP contribution in [0.4, 0.5) is 4.79 Å². The topological polar surface area (TPSA) is 38.3 Å². The Morgan fingerprint density at radius 2 is 2.56 bits per heavy atom. The van der Waals surface area contributed by atoms with Crippen molar-refractivity contribution in [1.82, 2.24) is 5.32 Å². The zero-order valence-corrected chi connectivity index (χ0v) is 5.52. The number of amides is 1. The smallest absolute Gasteiger partial charge is 0.407 e. The van der Waals surface area contributed by atoms with Gasteiger partial charge in [0.25, 0.3) is 0 Å². The lowest BCUT2D eigenvalue weighted by Crippen LogP contribution is -2.24. The van der Waals surface area contributed by atoms with Crippen LogP contribution >= 0.6 is 0 Å². The minimum atomic E-state index is -0.278. The molecule has 0 aromatic carbocycles. The van der Waals surface area contributed by atoms with Crippen molar-refractivity contribution in [2.75, 3.05) is 13.2 Å². The van der Waals surface area contributed by atoms with Crippen LogP contribution in [0.2, 0.25) is 0 Å². The van der Waals surface area contributed by atoms with E-state index in [4.69, 9.17) is 4.74 Å². The highest BCUT2D eigenvalue weighted by Gasteiger charge is 2.10. The van der Waals surface area contributed by atoms with Gasteiger partial charge in [0.2, 0.25) is 0 Å². The number of rotatable bonds is 0. The summed E-state index contributed by atoms with van der Waals surface area (Å²) in [6, 6.07) is 0. The molecule has 1 heterocycles. The SMILES string of the molecule is CC1CCOC(=O)NC1. The Labute approximate surface area is 54.4 Å². The molecule has 1 atom stereocenters. The van der Waals surface area contributed by atoms with E-state index >= 15 is 0 Å². The highest BCUT2D eigenvalue weighted by Crippen LogP contribution is 2.03. The van der Waals surface area contributed by atoms with Gasteiger partial charge in [-0.2, -0.15) is 0 Å². The summed E-state index contributed by atoms with van der Waals surface area (Å²) < 4.78 is 4.72. The summed E-state index contributed by atoms with van der Waals surface area (Å²) in [6.45, 7) is 3.40. The van der Waals surface area contributed by atoms with E-state index in [-0.39, 0.29) is 6.09 Å². The van der Waals surface area contributed by atoms with E-state index < -0.39 is 0 Å². The fraction of sp³-hybridized carbons (Fsp3) is 0.833. The van der Waals surface area contributed by atoms with Crippen LogP contribution in [0, 0.1) is 5.92 Å². The van der Waals surface area contributed by atoms with Gasteiger partial charge in [-0.05, 0) is 12.3 Å². The zero-order chi connectivity index (χ0) is 6.69. The molecule has 1 rings (SSSR count). The highest BCUT2D eigenvalue weighted by atomic mass is 16.5. The predicted octanol–water partition coefficient (Wildman–Crippen LogP) is 0.752. The molecular weight excluding hydrogens is 118 g/mol. The van der Waals surface area contributed by atoms with Gasteiger partial charge < -0.3 is 10.1 Å². The van der Waals surface area contributed by atoms with Crippen molar-refractivity contribution in [3.05, 3.63) is 0 Å². The summed E-state index contributed by atoms with van der Waals surface area (Å²) in [7, 11) is 0. The second-order valence-electron chi connectivity index (χ2n) is 2.41. The van der Waals surface area contributed by atoms with Gasteiger partial charge in [-0.15, -0.1) is 0 Å². The van der Waals surface area contributed by atoms with Crippen LogP contribution in [0.15, 0.2) is 0 Å². The normalized spacial score (nSPS) is 28.1. The Hall–Kier alpha value is -0.730. The maximum absolute atomic E-state index is 10.5. The van der Waals surface area contributed by atoms with E-state index in [1.807, 2.05) is 0 Å². The van der Waals surface area contributed by atoms with Crippen LogP contribution in [0.25, 0.3) is 0 Å². The number of carbonyl (C=O) groups excluding carboxylic acids is 1. The van der Waals surface area contributed by atoms with Crippen LogP contribution in [0.3, 0.4) is 0 Å². The Balaban J connectivity index is 2.34. The Morgan fingerprint density at radius 1 is 1.78 bits per heavy atom. The van der Waals surface area contributed by atoms with Gasteiger partial charge in [0.05, 0.1) is 6.61 Å².